The summed E-state index contributed by atoms with van der Waals surface area (Å²) >= 11 is 0.604. The van der Waals surface area contributed by atoms with Crippen LogP contribution in [0.25, 0.3) is 0 Å². The Morgan fingerprint density at radius 3 is 1.60 bits per heavy atom. The summed E-state index contributed by atoms with van der Waals surface area (Å²) in [4.78, 5) is 0. The average molecular weight is 110 g/mol. The average Bonchev–Trinajstić information content (AvgIpc) is 1.41. The van der Waals surface area contributed by atoms with E-state index in [0.717, 1.165) is 0 Å². The number of hydrogen-bond donors (Lipinski definition) is 0. The quantitative estimate of drug-likeness (QED) is 0.364. The Morgan fingerprint density at radius 2 is 1.60 bits per heavy atom. The van der Waals surface area contributed by atoms with E-state index in [0.29, 0.717) is 23.3 Å². The summed E-state index contributed by atoms with van der Waals surface area (Å²) in [7, 11) is 0. The van der Waals surface area contributed by atoms with Crippen molar-refractivity contribution in [2.75, 3.05) is 5.08 Å². The summed E-state index contributed by atoms with van der Waals surface area (Å²) in [6, 6.07) is 0. The normalized spacial score (nSPS) is 6.40. The molecule has 0 aliphatic heterocycles. The van der Waals surface area contributed by atoms with Crippen molar-refractivity contribution in [3.05, 3.63) is 0 Å². The summed E-state index contributed by atoms with van der Waals surface area (Å²) < 4.78 is 18.5. The van der Waals surface area contributed by atoms with Crippen LogP contribution in [0.4, 0.5) is 0 Å². The van der Waals surface area contributed by atoms with Crippen LogP contribution in [0.15, 0.2) is 0 Å². The molecular formula is CH2O2S2+2. The highest BCUT2D eigenvalue weighted by atomic mass is 32.2. The first-order valence-electron chi connectivity index (χ1n) is 0.911. The van der Waals surface area contributed by atoms with E-state index in [-0.39, 0.29) is 5.08 Å². The Labute approximate surface area is 37.6 Å². The van der Waals surface area contributed by atoms with Gasteiger partial charge in [0.25, 0.3) is 0 Å². The molecule has 0 atom stereocenters. The van der Waals surface area contributed by atoms with Crippen LogP contribution >= 0.6 is 0 Å². The fraction of sp³-hybridized carbons (Fsp3) is 1.00. The molecule has 0 saturated heterocycles. The summed E-state index contributed by atoms with van der Waals surface area (Å²) in [5.74, 6) is 0. The number of hydrogen-bond acceptors (Lipinski definition) is 2. The van der Waals surface area contributed by atoms with E-state index in [1.54, 1.807) is 0 Å². The van der Waals surface area contributed by atoms with Gasteiger partial charge < -0.3 is 0 Å². The maximum Gasteiger partial charge on any atom is 0.532 e. The molecule has 0 N–H and O–H groups in total. The lowest BCUT2D eigenvalue weighted by atomic mass is 11.9. The van der Waals surface area contributed by atoms with Crippen LogP contribution in [0.1, 0.15) is 0 Å². The summed E-state index contributed by atoms with van der Waals surface area (Å²) in [5, 5.41) is 0.111. The zero-order valence-electron chi connectivity index (χ0n) is 2.34. The SMILES string of the molecule is O=[S+]C[S+]=O. The topological polar surface area (TPSA) is 34.1 Å². The minimum Gasteiger partial charge on any atom is 0.0429 e. The van der Waals surface area contributed by atoms with Gasteiger partial charge in [0.1, 0.15) is 0 Å². The largest absolute Gasteiger partial charge is 0.532 e. The Bertz CT molecular complexity index is 36.9. The van der Waals surface area contributed by atoms with Gasteiger partial charge in [-0.3, -0.25) is 0 Å². The van der Waals surface area contributed by atoms with Crippen molar-refractivity contribution in [1.29, 1.82) is 0 Å². The number of rotatable bonds is 2. The third kappa shape index (κ3) is 4.04. The van der Waals surface area contributed by atoms with Crippen molar-refractivity contribution < 1.29 is 8.42 Å². The van der Waals surface area contributed by atoms with Crippen molar-refractivity contribution in [1.82, 2.24) is 0 Å². The third-order valence-electron chi connectivity index (χ3n) is 0.0962. The summed E-state index contributed by atoms with van der Waals surface area (Å²) in [5.41, 5.74) is 0. The molecule has 0 aromatic carbocycles. The molecule has 0 saturated carbocycles. The maximum atomic E-state index is 9.23. The molecule has 5 heavy (non-hydrogen) atoms. The van der Waals surface area contributed by atoms with Gasteiger partial charge in [-0.25, -0.2) is 0 Å². The lowest BCUT2D eigenvalue weighted by molar-refractivity contribution is 0.602. The Balaban J connectivity index is 2.65. The molecule has 0 spiro atoms. The monoisotopic (exact) mass is 110 g/mol. The van der Waals surface area contributed by atoms with E-state index in [4.69, 9.17) is 0 Å². The molecule has 0 aliphatic rings. The highest BCUT2D eigenvalue weighted by molar-refractivity contribution is 7.83. The molecule has 4 heteroatoms. The molecule has 0 aromatic rings. The van der Waals surface area contributed by atoms with E-state index in [2.05, 4.69) is 0 Å². The van der Waals surface area contributed by atoms with Gasteiger partial charge in [0, 0.05) is 8.42 Å². The van der Waals surface area contributed by atoms with Crippen molar-refractivity contribution in [2.24, 2.45) is 0 Å². The molecule has 0 bridgehead atoms. The van der Waals surface area contributed by atoms with Crippen molar-refractivity contribution in [2.45, 2.75) is 0 Å². The molecule has 0 radical (unpaired) electrons. The zero-order valence-corrected chi connectivity index (χ0v) is 3.97. The second kappa shape index (κ2) is 4.04. The summed E-state index contributed by atoms with van der Waals surface area (Å²) in [6.45, 7) is 0. The van der Waals surface area contributed by atoms with E-state index in [1.807, 2.05) is 0 Å². The van der Waals surface area contributed by atoms with Crippen LogP contribution in [0.3, 0.4) is 0 Å². The molecule has 0 aromatic heterocycles. The predicted molar refractivity (Wildman–Crippen MR) is 21.0 cm³/mol. The molecule has 0 fully saturated rings. The molecule has 0 aliphatic carbocycles. The Hall–Kier alpha value is 0.0400. The second-order valence-electron chi connectivity index (χ2n) is 0.354. The van der Waals surface area contributed by atoms with Crippen molar-refractivity contribution in [3.8, 4) is 0 Å². The van der Waals surface area contributed by atoms with Gasteiger partial charge in [-0.1, -0.05) is 0 Å². The van der Waals surface area contributed by atoms with Gasteiger partial charge in [-0.2, -0.15) is 0 Å². The molecule has 2 nitrogen and oxygen atoms in total. The first-order valence-corrected chi connectivity index (χ1v) is 2.73. The summed E-state index contributed by atoms with van der Waals surface area (Å²) in [6.07, 6.45) is 0. The molecular weight excluding hydrogens is 108 g/mol. The first-order chi connectivity index (χ1) is 2.41. The fourth-order valence-electron chi connectivity index (χ4n) is 0.0196. The van der Waals surface area contributed by atoms with Gasteiger partial charge >= 0.3 is 28.4 Å². The van der Waals surface area contributed by atoms with Crippen LogP contribution in [-0.2, 0) is 31.8 Å². The molecule has 0 unspecified atom stereocenters. The molecule has 0 amide bonds. The highest BCUT2D eigenvalue weighted by Gasteiger charge is 2.06. The highest BCUT2D eigenvalue weighted by Crippen LogP contribution is 1.49. The van der Waals surface area contributed by atoms with Crippen LogP contribution in [0.5, 0.6) is 0 Å². The van der Waals surface area contributed by atoms with Crippen LogP contribution in [-0.4, -0.2) is 5.08 Å². The Kier molecular flexibility index (Phi) is 4.07. The third-order valence-corrected chi connectivity index (χ3v) is 0.866. The second-order valence-corrected chi connectivity index (χ2v) is 1.77. The minimum atomic E-state index is 0.111. The molecule has 28 valence electrons. The predicted octanol–water partition coefficient (Wildman–Crippen LogP) is -0.200. The van der Waals surface area contributed by atoms with Crippen LogP contribution in [0, 0.1) is 0 Å². The van der Waals surface area contributed by atoms with Gasteiger partial charge in [-0.05, 0) is 0 Å². The smallest absolute Gasteiger partial charge is 0.0429 e. The Morgan fingerprint density at radius 1 is 1.20 bits per heavy atom. The lowest BCUT2D eigenvalue weighted by Crippen LogP contribution is -1.68. The zero-order chi connectivity index (χ0) is 4.12. The van der Waals surface area contributed by atoms with Crippen LogP contribution < -0.4 is 0 Å². The standard InChI is InChI=1S/CH2O2S2/c2-4-1-5-3/h1H2/q+2. The molecule has 0 heterocycles. The first kappa shape index (κ1) is 5.04. The van der Waals surface area contributed by atoms with Gasteiger partial charge in [0.15, 0.2) is 0 Å². The van der Waals surface area contributed by atoms with Crippen molar-refractivity contribution >= 4 is 23.3 Å². The van der Waals surface area contributed by atoms with E-state index in [9.17, 15) is 8.42 Å². The lowest BCUT2D eigenvalue weighted by Gasteiger charge is -1.13. The van der Waals surface area contributed by atoms with Gasteiger partial charge in [0.05, 0.1) is 0 Å². The van der Waals surface area contributed by atoms with E-state index in [1.165, 1.54) is 0 Å². The van der Waals surface area contributed by atoms with Gasteiger partial charge in [-0.15, -0.1) is 0 Å². The van der Waals surface area contributed by atoms with E-state index < -0.39 is 0 Å². The van der Waals surface area contributed by atoms with Gasteiger partial charge in [0.2, 0.25) is 0 Å². The van der Waals surface area contributed by atoms with E-state index >= 15 is 0 Å². The molecule has 0 rings (SSSR count). The van der Waals surface area contributed by atoms with Crippen LogP contribution in [0.2, 0.25) is 0 Å². The van der Waals surface area contributed by atoms with Crippen molar-refractivity contribution in [3.63, 3.8) is 0 Å². The minimum absolute atomic E-state index is 0.111. The maximum absolute atomic E-state index is 9.23. The fourth-order valence-corrected chi connectivity index (χ4v) is 0.177.